The zero-order valence-corrected chi connectivity index (χ0v) is 25.6. The van der Waals surface area contributed by atoms with Crippen LogP contribution in [0.3, 0.4) is 0 Å². The predicted molar refractivity (Wildman–Crippen MR) is 176 cm³/mol. The first-order valence-corrected chi connectivity index (χ1v) is 15.0. The number of rotatable bonds is 5. The average molecular weight is 565 g/mol. The molecule has 0 saturated carbocycles. The number of pyridine rings is 1. The molecule has 43 heavy (non-hydrogen) atoms. The molecule has 1 aliphatic rings. The highest BCUT2D eigenvalue weighted by Gasteiger charge is 2.28. The van der Waals surface area contributed by atoms with Gasteiger partial charge in [0.2, 0.25) is 0 Å². The van der Waals surface area contributed by atoms with Crippen LogP contribution in [-0.4, -0.2) is 19.3 Å². The van der Waals surface area contributed by atoms with Gasteiger partial charge in [-0.3, -0.25) is 4.57 Å². The van der Waals surface area contributed by atoms with Gasteiger partial charge in [0.15, 0.2) is 0 Å². The summed E-state index contributed by atoms with van der Waals surface area (Å²) >= 11 is 0. The summed E-state index contributed by atoms with van der Waals surface area (Å²) in [5, 5.41) is 7.37. The Hall–Kier alpha value is -4.90. The number of fused-ring (bicyclic) bond motifs is 3. The van der Waals surface area contributed by atoms with E-state index in [0.29, 0.717) is 11.8 Å². The minimum absolute atomic E-state index is 0.332. The molecule has 0 radical (unpaired) electrons. The molecular formula is C38H36N4O. The molecule has 0 N–H and O–H groups in total. The molecule has 0 unspecified atom stereocenters. The fraction of sp³-hybridized carbons (Fsp3) is 0.211. The van der Waals surface area contributed by atoms with Crippen LogP contribution < -0.4 is 4.74 Å². The number of benzene rings is 3. The van der Waals surface area contributed by atoms with Gasteiger partial charge < -0.3 is 4.74 Å². The summed E-state index contributed by atoms with van der Waals surface area (Å²) in [7, 11) is 0. The summed E-state index contributed by atoms with van der Waals surface area (Å²) in [4.78, 5) is 4.71. The van der Waals surface area contributed by atoms with Gasteiger partial charge in [0.1, 0.15) is 17.3 Å². The molecule has 0 bridgehead atoms. The number of hydrogen-bond acceptors (Lipinski definition) is 3. The van der Waals surface area contributed by atoms with E-state index in [1.165, 1.54) is 38.7 Å². The summed E-state index contributed by atoms with van der Waals surface area (Å²) in [5.74, 6) is 3.19. The Balaban J connectivity index is 1.26. The van der Waals surface area contributed by atoms with Gasteiger partial charge in [-0.25, -0.2) is 9.67 Å². The highest BCUT2D eigenvalue weighted by molar-refractivity contribution is 6.09. The van der Waals surface area contributed by atoms with Gasteiger partial charge in [-0.2, -0.15) is 5.10 Å². The number of para-hydroxylation sites is 1. The lowest BCUT2D eigenvalue weighted by Crippen LogP contribution is -2.15. The quantitative estimate of drug-likeness (QED) is 0.209. The average Bonchev–Trinajstić information content (AvgIpc) is 3.46. The first-order valence-electron chi connectivity index (χ1n) is 15.0. The van der Waals surface area contributed by atoms with Crippen LogP contribution in [0.15, 0.2) is 108 Å². The lowest BCUT2D eigenvalue weighted by atomic mass is 9.76. The molecule has 0 fully saturated rings. The standard InChI is InChI=1S/C38H36N4O/c1-23-16-17-39-36(20-23)41-34-13-8-7-12-32(34)33-15-14-31(22-35(33)41)43-30-11-9-10-29(21-30)42-28(6)38(27(5)40-42)37-25(3)18-24(2)19-26(37)4/h7-22,25,37H,1-6H3/t25-,37-/m0/s1. The van der Waals surface area contributed by atoms with Crippen molar-refractivity contribution < 1.29 is 4.74 Å². The van der Waals surface area contributed by atoms with Gasteiger partial charge >= 0.3 is 0 Å². The molecular weight excluding hydrogens is 528 g/mol. The van der Waals surface area contributed by atoms with Gasteiger partial charge in [0, 0.05) is 46.3 Å². The van der Waals surface area contributed by atoms with Crippen LogP contribution >= 0.6 is 0 Å². The fourth-order valence-electron chi connectivity index (χ4n) is 6.99. The van der Waals surface area contributed by atoms with Crippen LogP contribution in [0.1, 0.15) is 49.2 Å². The molecule has 214 valence electrons. The summed E-state index contributed by atoms with van der Waals surface area (Å²) in [6, 6.07) is 27.1. The van der Waals surface area contributed by atoms with Gasteiger partial charge in [-0.1, -0.05) is 54.5 Å². The van der Waals surface area contributed by atoms with Crippen LogP contribution in [0.4, 0.5) is 0 Å². The molecule has 6 aromatic rings. The summed E-state index contributed by atoms with van der Waals surface area (Å²) in [6.07, 6.45) is 6.54. The molecule has 3 heterocycles. The van der Waals surface area contributed by atoms with E-state index in [0.717, 1.165) is 39.7 Å². The van der Waals surface area contributed by atoms with E-state index >= 15 is 0 Å². The Morgan fingerprint density at radius 2 is 1.56 bits per heavy atom. The number of nitrogens with zero attached hydrogens (tertiary/aromatic N) is 4. The zero-order chi connectivity index (χ0) is 29.8. The Bertz CT molecular complexity index is 2090. The molecule has 0 aliphatic heterocycles. The topological polar surface area (TPSA) is 44.9 Å². The molecule has 0 spiro atoms. The minimum atomic E-state index is 0.332. The molecule has 7 rings (SSSR count). The van der Waals surface area contributed by atoms with Crippen molar-refractivity contribution in [3.05, 3.63) is 131 Å². The zero-order valence-electron chi connectivity index (χ0n) is 25.6. The third-order valence-corrected chi connectivity index (χ3v) is 8.73. The van der Waals surface area contributed by atoms with Crippen molar-refractivity contribution in [2.75, 3.05) is 0 Å². The third kappa shape index (κ3) is 4.65. The third-order valence-electron chi connectivity index (χ3n) is 8.73. The van der Waals surface area contributed by atoms with Crippen LogP contribution in [0.25, 0.3) is 33.3 Å². The molecule has 5 heteroatoms. The van der Waals surface area contributed by atoms with Gasteiger partial charge in [-0.15, -0.1) is 0 Å². The second-order valence-electron chi connectivity index (χ2n) is 12.0. The van der Waals surface area contributed by atoms with Gasteiger partial charge in [-0.05, 0) is 88.6 Å². The molecule has 5 nitrogen and oxygen atoms in total. The van der Waals surface area contributed by atoms with E-state index < -0.39 is 0 Å². The largest absolute Gasteiger partial charge is 0.457 e. The molecule has 3 aromatic heterocycles. The van der Waals surface area contributed by atoms with Crippen molar-refractivity contribution in [2.24, 2.45) is 5.92 Å². The maximum Gasteiger partial charge on any atom is 0.137 e. The van der Waals surface area contributed by atoms with E-state index in [-0.39, 0.29) is 0 Å². The molecule has 0 amide bonds. The van der Waals surface area contributed by atoms with Crippen LogP contribution in [-0.2, 0) is 0 Å². The van der Waals surface area contributed by atoms with E-state index in [1.54, 1.807) is 0 Å². The maximum atomic E-state index is 6.51. The van der Waals surface area contributed by atoms with Crippen LogP contribution in [0.2, 0.25) is 0 Å². The van der Waals surface area contributed by atoms with Crippen molar-refractivity contribution >= 4 is 21.8 Å². The number of hydrogen-bond donors (Lipinski definition) is 0. The predicted octanol–water partition coefficient (Wildman–Crippen LogP) is 9.71. The summed E-state index contributed by atoms with van der Waals surface area (Å²) in [5.41, 5.74) is 10.6. The van der Waals surface area contributed by atoms with E-state index in [1.807, 2.05) is 30.5 Å². The van der Waals surface area contributed by atoms with Crippen LogP contribution in [0, 0.1) is 26.7 Å². The van der Waals surface area contributed by atoms with Crippen molar-refractivity contribution in [2.45, 2.75) is 47.5 Å². The Labute approximate surface area is 252 Å². The Morgan fingerprint density at radius 3 is 2.37 bits per heavy atom. The Kier molecular flexibility index (Phi) is 6.54. The van der Waals surface area contributed by atoms with Crippen molar-refractivity contribution in [1.29, 1.82) is 0 Å². The lowest BCUT2D eigenvalue weighted by molar-refractivity contribution is 0.482. The van der Waals surface area contributed by atoms with Crippen molar-refractivity contribution in [1.82, 2.24) is 19.3 Å². The highest BCUT2D eigenvalue weighted by atomic mass is 16.5. The lowest BCUT2D eigenvalue weighted by Gasteiger charge is -2.27. The van der Waals surface area contributed by atoms with Gasteiger partial charge in [0.25, 0.3) is 0 Å². The van der Waals surface area contributed by atoms with E-state index in [9.17, 15) is 0 Å². The number of aryl methyl sites for hydroxylation is 2. The molecule has 3 aromatic carbocycles. The van der Waals surface area contributed by atoms with Crippen molar-refractivity contribution in [3.8, 4) is 23.0 Å². The normalized spacial score (nSPS) is 16.9. The first-order chi connectivity index (χ1) is 20.8. The Morgan fingerprint density at radius 1 is 0.767 bits per heavy atom. The highest BCUT2D eigenvalue weighted by Crippen LogP contribution is 2.41. The maximum absolute atomic E-state index is 6.51. The monoisotopic (exact) mass is 564 g/mol. The second-order valence-corrected chi connectivity index (χ2v) is 12.0. The first kappa shape index (κ1) is 27.0. The number of allylic oxidation sites excluding steroid dienone is 4. The second kappa shape index (κ2) is 10.4. The van der Waals surface area contributed by atoms with E-state index in [4.69, 9.17) is 14.8 Å². The number of ether oxygens (including phenoxy) is 1. The molecule has 0 saturated heterocycles. The number of aromatic nitrogens is 4. The van der Waals surface area contributed by atoms with Crippen molar-refractivity contribution in [3.63, 3.8) is 0 Å². The fourth-order valence-corrected chi connectivity index (χ4v) is 6.99. The van der Waals surface area contributed by atoms with Crippen LogP contribution in [0.5, 0.6) is 11.5 Å². The van der Waals surface area contributed by atoms with Gasteiger partial charge in [0.05, 0.1) is 22.4 Å². The summed E-state index contributed by atoms with van der Waals surface area (Å²) < 4.78 is 10.8. The van der Waals surface area contributed by atoms with E-state index in [2.05, 4.69) is 118 Å². The summed E-state index contributed by atoms with van der Waals surface area (Å²) in [6.45, 7) is 13.1. The molecule has 2 atom stereocenters. The SMILES string of the molecule is CC1=C[C@H](C)[C@H](c2c(C)nn(-c3cccc(Oc4ccc5c6ccccc6n(-c6cc(C)ccn6)c5c4)c3)c2C)C(C)=C1. The smallest absolute Gasteiger partial charge is 0.137 e. The minimum Gasteiger partial charge on any atom is -0.457 e. The molecule has 1 aliphatic carbocycles.